The Balaban J connectivity index is 0.00000161. The van der Waals surface area contributed by atoms with Gasteiger partial charge in [-0.2, -0.15) is 0 Å². The molecule has 1 aliphatic heterocycles. The van der Waals surface area contributed by atoms with Gasteiger partial charge < -0.3 is 10.6 Å². The van der Waals surface area contributed by atoms with E-state index in [1.54, 1.807) is 0 Å². The molecular formula is C16H23ClIN3. The molecule has 2 N–H and O–H groups in total. The zero-order valence-corrected chi connectivity index (χ0v) is 15.3. The van der Waals surface area contributed by atoms with Crippen molar-refractivity contribution in [2.24, 2.45) is 10.7 Å². The first-order chi connectivity index (χ1) is 9.70. The maximum Gasteiger partial charge on any atom is 0.191 e. The Morgan fingerprint density at radius 1 is 1.14 bits per heavy atom. The van der Waals surface area contributed by atoms with E-state index in [1.165, 1.54) is 37.7 Å². The monoisotopic (exact) mass is 419 g/mol. The van der Waals surface area contributed by atoms with Crippen molar-refractivity contribution in [2.45, 2.75) is 37.5 Å². The summed E-state index contributed by atoms with van der Waals surface area (Å²) in [5.41, 5.74) is 7.70. The van der Waals surface area contributed by atoms with Crippen molar-refractivity contribution >= 4 is 41.5 Å². The summed E-state index contributed by atoms with van der Waals surface area (Å²) in [5.74, 6) is 0.727. The molecule has 1 aliphatic carbocycles. The lowest BCUT2D eigenvalue weighted by atomic mass is 9.96. The van der Waals surface area contributed by atoms with Gasteiger partial charge in [0.15, 0.2) is 5.96 Å². The SMILES string of the molecule is I.NC(=NCC1(c2ccc(Cl)cc2)CC1)N1CCCCC1. The molecule has 116 valence electrons. The fourth-order valence-corrected chi connectivity index (χ4v) is 3.07. The van der Waals surface area contributed by atoms with Gasteiger partial charge in [0.2, 0.25) is 0 Å². The Bertz CT molecular complexity index is 491. The Morgan fingerprint density at radius 3 is 2.33 bits per heavy atom. The third-order valence-electron chi connectivity index (χ3n) is 4.53. The molecule has 21 heavy (non-hydrogen) atoms. The summed E-state index contributed by atoms with van der Waals surface area (Å²) in [4.78, 5) is 6.89. The third kappa shape index (κ3) is 4.03. The first-order valence-electron chi connectivity index (χ1n) is 7.51. The fourth-order valence-electron chi connectivity index (χ4n) is 2.95. The second-order valence-corrected chi connectivity index (χ2v) is 6.45. The quantitative estimate of drug-likeness (QED) is 0.460. The van der Waals surface area contributed by atoms with Gasteiger partial charge in [0.1, 0.15) is 0 Å². The Morgan fingerprint density at radius 2 is 1.76 bits per heavy atom. The number of hydrogen-bond donors (Lipinski definition) is 1. The van der Waals surface area contributed by atoms with E-state index in [0.29, 0.717) is 0 Å². The molecule has 5 heteroatoms. The molecule has 3 nitrogen and oxygen atoms in total. The largest absolute Gasteiger partial charge is 0.370 e. The van der Waals surface area contributed by atoms with Gasteiger partial charge in [-0.15, -0.1) is 24.0 Å². The van der Waals surface area contributed by atoms with Crippen molar-refractivity contribution in [1.29, 1.82) is 0 Å². The maximum absolute atomic E-state index is 6.14. The molecule has 0 unspecified atom stereocenters. The first kappa shape index (κ1) is 16.9. The summed E-state index contributed by atoms with van der Waals surface area (Å²) < 4.78 is 0. The van der Waals surface area contributed by atoms with Crippen LogP contribution in [0.5, 0.6) is 0 Å². The Hall–Kier alpha value is -0.490. The van der Waals surface area contributed by atoms with Crippen LogP contribution in [-0.4, -0.2) is 30.5 Å². The minimum atomic E-state index is 0. The first-order valence-corrected chi connectivity index (χ1v) is 7.88. The van der Waals surface area contributed by atoms with Gasteiger partial charge >= 0.3 is 0 Å². The minimum Gasteiger partial charge on any atom is -0.370 e. The van der Waals surface area contributed by atoms with Crippen LogP contribution in [0.25, 0.3) is 0 Å². The molecule has 0 spiro atoms. The average Bonchev–Trinajstić information content (AvgIpc) is 3.27. The van der Waals surface area contributed by atoms with E-state index in [-0.39, 0.29) is 29.4 Å². The number of nitrogens with zero attached hydrogens (tertiary/aromatic N) is 2. The minimum absolute atomic E-state index is 0. The normalized spacial score (nSPS) is 20.8. The van der Waals surface area contributed by atoms with Crippen molar-refractivity contribution in [3.05, 3.63) is 34.9 Å². The lowest BCUT2D eigenvalue weighted by Gasteiger charge is -2.28. The zero-order valence-electron chi connectivity index (χ0n) is 12.2. The molecule has 1 aromatic rings. The van der Waals surface area contributed by atoms with Crippen LogP contribution in [0.3, 0.4) is 0 Å². The summed E-state index contributed by atoms with van der Waals surface area (Å²) in [5, 5.41) is 0.792. The van der Waals surface area contributed by atoms with Gasteiger partial charge in [0, 0.05) is 23.5 Å². The number of halogens is 2. The summed E-state index contributed by atoms with van der Waals surface area (Å²) in [6, 6.07) is 8.19. The highest BCUT2D eigenvalue weighted by Gasteiger charge is 2.44. The van der Waals surface area contributed by atoms with E-state index >= 15 is 0 Å². The van der Waals surface area contributed by atoms with Crippen molar-refractivity contribution < 1.29 is 0 Å². The average molecular weight is 420 g/mol. The van der Waals surface area contributed by atoms with Crippen molar-refractivity contribution in [3.8, 4) is 0 Å². The van der Waals surface area contributed by atoms with Gasteiger partial charge in [-0.1, -0.05) is 23.7 Å². The van der Waals surface area contributed by atoms with E-state index < -0.39 is 0 Å². The van der Waals surface area contributed by atoms with Crippen LogP contribution in [-0.2, 0) is 5.41 Å². The van der Waals surface area contributed by atoms with Crippen molar-refractivity contribution in [3.63, 3.8) is 0 Å². The molecule has 3 rings (SSSR count). The number of aliphatic imine (C=N–C) groups is 1. The van der Waals surface area contributed by atoms with E-state index in [9.17, 15) is 0 Å². The lowest BCUT2D eigenvalue weighted by molar-refractivity contribution is 0.337. The van der Waals surface area contributed by atoms with Gasteiger partial charge in [-0.05, 0) is 49.8 Å². The Labute approximate surface area is 149 Å². The molecule has 0 radical (unpaired) electrons. The number of hydrogen-bond acceptors (Lipinski definition) is 1. The standard InChI is InChI=1S/C16H22ClN3.HI/c17-14-6-4-13(5-7-14)16(8-9-16)12-19-15(18)20-10-2-1-3-11-20;/h4-7H,1-3,8-12H2,(H2,18,19);1H. The van der Waals surface area contributed by atoms with Crippen LogP contribution < -0.4 is 5.73 Å². The smallest absolute Gasteiger partial charge is 0.191 e. The van der Waals surface area contributed by atoms with Crippen LogP contribution in [0.15, 0.2) is 29.3 Å². The molecule has 0 bridgehead atoms. The van der Waals surface area contributed by atoms with Crippen LogP contribution in [0.2, 0.25) is 5.02 Å². The molecule has 2 fully saturated rings. The summed E-state index contributed by atoms with van der Waals surface area (Å²) >= 11 is 5.96. The molecule has 1 aromatic carbocycles. The van der Waals surface area contributed by atoms with Crippen LogP contribution >= 0.6 is 35.6 Å². The molecule has 0 atom stereocenters. The van der Waals surface area contributed by atoms with E-state index in [4.69, 9.17) is 17.3 Å². The third-order valence-corrected chi connectivity index (χ3v) is 4.79. The molecule has 1 saturated carbocycles. The van der Waals surface area contributed by atoms with Crippen LogP contribution in [0, 0.1) is 0 Å². The maximum atomic E-state index is 6.14. The number of benzene rings is 1. The van der Waals surface area contributed by atoms with Gasteiger partial charge in [0.05, 0.1) is 6.54 Å². The van der Waals surface area contributed by atoms with Crippen molar-refractivity contribution in [2.75, 3.05) is 19.6 Å². The fraction of sp³-hybridized carbons (Fsp3) is 0.562. The number of nitrogens with two attached hydrogens (primary N) is 1. The highest BCUT2D eigenvalue weighted by atomic mass is 127. The van der Waals surface area contributed by atoms with Gasteiger partial charge in [0.25, 0.3) is 0 Å². The zero-order chi connectivity index (χ0) is 14.0. The molecule has 0 aromatic heterocycles. The predicted octanol–water partition coefficient (Wildman–Crippen LogP) is 3.79. The molecule has 0 amide bonds. The predicted molar refractivity (Wildman–Crippen MR) is 99.7 cm³/mol. The van der Waals surface area contributed by atoms with Gasteiger partial charge in [-0.3, -0.25) is 4.99 Å². The highest BCUT2D eigenvalue weighted by molar-refractivity contribution is 14.0. The number of piperidine rings is 1. The van der Waals surface area contributed by atoms with E-state index in [2.05, 4.69) is 22.0 Å². The number of likely N-dealkylation sites (tertiary alicyclic amines) is 1. The van der Waals surface area contributed by atoms with Crippen LogP contribution in [0.4, 0.5) is 0 Å². The Kier molecular flexibility index (Phi) is 5.77. The topological polar surface area (TPSA) is 41.6 Å². The molecule has 2 aliphatic rings. The lowest BCUT2D eigenvalue weighted by Crippen LogP contribution is -2.41. The molecular weight excluding hydrogens is 397 g/mol. The number of guanidine groups is 1. The van der Waals surface area contributed by atoms with Gasteiger partial charge in [-0.25, -0.2) is 0 Å². The summed E-state index contributed by atoms with van der Waals surface area (Å²) in [7, 11) is 0. The highest BCUT2D eigenvalue weighted by Crippen LogP contribution is 2.48. The molecule has 1 heterocycles. The van der Waals surface area contributed by atoms with Crippen molar-refractivity contribution in [1.82, 2.24) is 4.90 Å². The number of rotatable bonds is 3. The molecule has 1 saturated heterocycles. The second-order valence-electron chi connectivity index (χ2n) is 6.01. The van der Waals surface area contributed by atoms with E-state index in [1.807, 2.05) is 12.1 Å². The second kappa shape index (κ2) is 7.18. The van der Waals surface area contributed by atoms with E-state index in [0.717, 1.165) is 30.6 Å². The summed E-state index contributed by atoms with van der Waals surface area (Å²) in [6.07, 6.45) is 6.19. The summed E-state index contributed by atoms with van der Waals surface area (Å²) in [6.45, 7) is 2.92. The van der Waals surface area contributed by atoms with Crippen LogP contribution in [0.1, 0.15) is 37.7 Å².